The Bertz CT molecular complexity index is 284. The van der Waals surface area contributed by atoms with Gasteiger partial charge in [-0.15, -0.1) is 11.3 Å². The first kappa shape index (κ1) is 8.27. The van der Waals surface area contributed by atoms with Crippen LogP contribution in [-0.2, 0) is 5.60 Å². The third-order valence-electron chi connectivity index (χ3n) is 2.57. The zero-order valence-corrected chi connectivity index (χ0v) is 8.32. The highest BCUT2D eigenvalue weighted by molar-refractivity contribution is 7.12. The van der Waals surface area contributed by atoms with E-state index in [9.17, 15) is 5.11 Å². The monoisotopic (exact) mass is 182 g/mol. The highest BCUT2D eigenvalue weighted by atomic mass is 32.1. The van der Waals surface area contributed by atoms with Crippen molar-refractivity contribution in [2.24, 2.45) is 5.92 Å². The quantitative estimate of drug-likeness (QED) is 0.708. The number of thiophene rings is 1. The van der Waals surface area contributed by atoms with Crippen LogP contribution in [0.5, 0.6) is 0 Å². The van der Waals surface area contributed by atoms with Gasteiger partial charge in [-0.2, -0.15) is 0 Å². The van der Waals surface area contributed by atoms with E-state index in [1.165, 1.54) is 4.88 Å². The van der Waals surface area contributed by atoms with Crippen LogP contribution < -0.4 is 0 Å². The average molecular weight is 182 g/mol. The van der Waals surface area contributed by atoms with Gasteiger partial charge in [-0.1, -0.05) is 6.92 Å². The van der Waals surface area contributed by atoms with Crippen LogP contribution in [0.3, 0.4) is 0 Å². The van der Waals surface area contributed by atoms with Crippen LogP contribution in [0.1, 0.15) is 29.5 Å². The minimum absolute atomic E-state index is 0.474. The van der Waals surface area contributed by atoms with Crippen molar-refractivity contribution in [3.8, 4) is 0 Å². The van der Waals surface area contributed by atoms with Gasteiger partial charge in [0.2, 0.25) is 0 Å². The first-order valence-electron chi connectivity index (χ1n) is 4.39. The Morgan fingerprint density at radius 2 is 2.17 bits per heavy atom. The van der Waals surface area contributed by atoms with Crippen molar-refractivity contribution in [1.29, 1.82) is 0 Å². The molecule has 0 aromatic carbocycles. The molecule has 1 saturated carbocycles. The molecule has 0 amide bonds. The Morgan fingerprint density at radius 1 is 1.50 bits per heavy atom. The van der Waals surface area contributed by atoms with E-state index in [0.717, 1.165) is 17.7 Å². The summed E-state index contributed by atoms with van der Waals surface area (Å²) >= 11 is 1.72. The largest absolute Gasteiger partial charge is 0.384 e. The van der Waals surface area contributed by atoms with Gasteiger partial charge < -0.3 is 5.11 Å². The molecule has 0 atom stereocenters. The van der Waals surface area contributed by atoms with E-state index in [0.29, 0.717) is 5.92 Å². The maximum atomic E-state index is 10.1. The summed E-state index contributed by atoms with van der Waals surface area (Å²) in [6.07, 6.45) is 1.87. The number of aryl methyl sites for hydroxylation is 1. The standard InChI is InChI=1S/C10H14OS/c1-7-5-10(11,6-7)9-4-3-8(2)12-9/h3-4,7,11H,5-6H2,1-2H3. The SMILES string of the molecule is Cc1ccc(C2(O)CC(C)C2)s1. The summed E-state index contributed by atoms with van der Waals surface area (Å²) in [6, 6.07) is 4.15. The normalized spacial score (nSPS) is 34.8. The average Bonchev–Trinajstić information content (AvgIpc) is 2.33. The molecule has 0 spiro atoms. The Balaban J connectivity index is 2.20. The molecular weight excluding hydrogens is 168 g/mol. The van der Waals surface area contributed by atoms with E-state index in [4.69, 9.17) is 0 Å². The lowest BCUT2D eigenvalue weighted by molar-refractivity contribution is -0.0707. The number of rotatable bonds is 1. The second-order valence-corrected chi connectivity index (χ2v) is 5.24. The van der Waals surface area contributed by atoms with Crippen molar-refractivity contribution in [2.75, 3.05) is 0 Å². The zero-order chi connectivity index (χ0) is 8.77. The second kappa shape index (κ2) is 2.57. The molecule has 0 bridgehead atoms. The molecule has 12 heavy (non-hydrogen) atoms. The zero-order valence-electron chi connectivity index (χ0n) is 7.50. The maximum Gasteiger partial charge on any atom is 0.0993 e. The molecule has 1 aliphatic rings. The summed E-state index contributed by atoms with van der Waals surface area (Å²) in [4.78, 5) is 2.44. The molecule has 0 radical (unpaired) electrons. The van der Waals surface area contributed by atoms with Crippen molar-refractivity contribution < 1.29 is 5.11 Å². The molecule has 2 heteroatoms. The van der Waals surface area contributed by atoms with Crippen LogP contribution in [0.2, 0.25) is 0 Å². The molecule has 1 nitrogen and oxygen atoms in total. The lowest BCUT2D eigenvalue weighted by Crippen LogP contribution is -2.38. The fraction of sp³-hybridized carbons (Fsp3) is 0.600. The first-order chi connectivity index (χ1) is 5.60. The molecule has 66 valence electrons. The van der Waals surface area contributed by atoms with Crippen LogP contribution in [0.4, 0.5) is 0 Å². The maximum absolute atomic E-state index is 10.1. The molecule has 1 N–H and O–H groups in total. The molecule has 0 unspecified atom stereocenters. The van der Waals surface area contributed by atoms with E-state index >= 15 is 0 Å². The minimum Gasteiger partial charge on any atom is -0.384 e. The van der Waals surface area contributed by atoms with Gasteiger partial charge in [-0.05, 0) is 37.8 Å². The predicted octanol–water partition coefficient (Wildman–Crippen LogP) is 2.67. The Labute approximate surface area is 77.0 Å². The van der Waals surface area contributed by atoms with E-state index in [-0.39, 0.29) is 0 Å². The van der Waals surface area contributed by atoms with Crippen molar-refractivity contribution in [3.63, 3.8) is 0 Å². The van der Waals surface area contributed by atoms with E-state index in [2.05, 4.69) is 26.0 Å². The molecular formula is C10H14OS. The molecule has 1 aromatic rings. The van der Waals surface area contributed by atoms with E-state index < -0.39 is 5.60 Å². The Kier molecular flexibility index (Phi) is 1.77. The van der Waals surface area contributed by atoms with Gasteiger partial charge in [-0.25, -0.2) is 0 Å². The van der Waals surface area contributed by atoms with Crippen LogP contribution in [0.15, 0.2) is 12.1 Å². The summed E-state index contributed by atoms with van der Waals surface area (Å²) in [6.45, 7) is 4.27. The van der Waals surface area contributed by atoms with Crippen molar-refractivity contribution >= 4 is 11.3 Å². The summed E-state index contributed by atoms with van der Waals surface area (Å²) in [5.74, 6) is 0.692. The Hall–Kier alpha value is -0.340. The smallest absolute Gasteiger partial charge is 0.0993 e. The highest BCUT2D eigenvalue weighted by Gasteiger charge is 2.42. The molecule has 2 rings (SSSR count). The van der Waals surface area contributed by atoms with Crippen molar-refractivity contribution in [3.05, 3.63) is 21.9 Å². The van der Waals surface area contributed by atoms with Gasteiger partial charge in [0, 0.05) is 9.75 Å². The second-order valence-electron chi connectivity index (χ2n) is 3.96. The van der Waals surface area contributed by atoms with E-state index in [1.54, 1.807) is 11.3 Å². The summed E-state index contributed by atoms with van der Waals surface area (Å²) in [5, 5.41) is 10.1. The van der Waals surface area contributed by atoms with Crippen LogP contribution in [-0.4, -0.2) is 5.11 Å². The van der Waals surface area contributed by atoms with Gasteiger partial charge in [0.1, 0.15) is 0 Å². The molecule has 1 heterocycles. The summed E-state index contributed by atoms with van der Waals surface area (Å²) in [7, 11) is 0. The fourth-order valence-electron chi connectivity index (χ4n) is 1.98. The van der Waals surface area contributed by atoms with Crippen molar-refractivity contribution in [2.45, 2.75) is 32.3 Å². The van der Waals surface area contributed by atoms with Crippen molar-refractivity contribution in [1.82, 2.24) is 0 Å². The molecule has 0 saturated heterocycles. The molecule has 0 aliphatic heterocycles. The summed E-state index contributed by atoms with van der Waals surface area (Å²) in [5.41, 5.74) is -0.474. The van der Waals surface area contributed by atoms with Gasteiger partial charge in [0.25, 0.3) is 0 Å². The van der Waals surface area contributed by atoms with Gasteiger partial charge in [0.15, 0.2) is 0 Å². The minimum atomic E-state index is -0.474. The first-order valence-corrected chi connectivity index (χ1v) is 5.21. The van der Waals surface area contributed by atoms with Gasteiger partial charge in [0.05, 0.1) is 5.60 Å². The third-order valence-corrected chi connectivity index (χ3v) is 3.77. The molecule has 1 aliphatic carbocycles. The topological polar surface area (TPSA) is 20.2 Å². The lowest BCUT2D eigenvalue weighted by Gasteiger charge is -2.41. The van der Waals surface area contributed by atoms with Crippen LogP contribution in [0, 0.1) is 12.8 Å². The summed E-state index contributed by atoms with van der Waals surface area (Å²) < 4.78 is 0. The molecule has 1 aromatic heterocycles. The Morgan fingerprint density at radius 3 is 2.58 bits per heavy atom. The number of hydrogen-bond donors (Lipinski definition) is 1. The number of hydrogen-bond acceptors (Lipinski definition) is 2. The van der Waals surface area contributed by atoms with Gasteiger partial charge >= 0.3 is 0 Å². The lowest BCUT2D eigenvalue weighted by atomic mass is 9.71. The third kappa shape index (κ3) is 1.19. The fourth-order valence-corrected chi connectivity index (χ4v) is 2.95. The highest BCUT2D eigenvalue weighted by Crippen LogP contribution is 2.47. The predicted molar refractivity (Wildman–Crippen MR) is 51.4 cm³/mol. The van der Waals surface area contributed by atoms with Crippen LogP contribution >= 0.6 is 11.3 Å². The van der Waals surface area contributed by atoms with Gasteiger partial charge in [-0.3, -0.25) is 0 Å². The molecule has 1 fully saturated rings. The number of aliphatic hydroxyl groups is 1. The van der Waals surface area contributed by atoms with E-state index in [1.807, 2.05) is 0 Å². The van der Waals surface area contributed by atoms with Crippen LogP contribution in [0.25, 0.3) is 0 Å².